The van der Waals surface area contributed by atoms with Crippen LogP contribution in [0.2, 0.25) is 0 Å². The topological polar surface area (TPSA) is 102 Å². The summed E-state index contributed by atoms with van der Waals surface area (Å²) in [4.78, 5) is 20.6. The normalized spacial score (nSPS) is 10.5. The molecule has 0 unspecified atom stereocenters. The molecule has 1 aromatic carbocycles. The van der Waals surface area contributed by atoms with Crippen molar-refractivity contribution >= 4 is 23.4 Å². The van der Waals surface area contributed by atoms with Gasteiger partial charge in [0.25, 0.3) is 5.91 Å². The molecule has 0 radical (unpaired) electrons. The maximum absolute atomic E-state index is 11.9. The highest BCUT2D eigenvalue weighted by atomic mass is 16.5. The Bertz CT molecular complexity index is 968. The van der Waals surface area contributed by atoms with Gasteiger partial charge in [0.1, 0.15) is 5.76 Å². The van der Waals surface area contributed by atoms with Gasteiger partial charge < -0.3 is 19.9 Å². The molecule has 0 aliphatic carbocycles. The summed E-state index contributed by atoms with van der Waals surface area (Å²) in [6.07, 6.45) is 0. The molecular weight excluding hydrogens is 346 g/mol. The van der Waals surface area contributed by atoms with Crippen molar-refractivity contribution < 1.29 is 14.1 Å². The van der Waals surface area contributed by atoms with Gasteiger partial charge in [0.15, 0.2) is 12.4 Å². The summed E-state index contributed by atoms with van der Waals surface area (Å²) in [5.41, 5.74) is 3.99. The van der Waals surface area contributed by atoms with Gasteiger partial charge in [-0.15, -0.1) is 0 Å². The molecule has 2 N–H and O–H groups in total. The van der Waals surface area contributed by atoms with Crippen LogP contribution < -0.4 is 15.4 Å². The molecule has 0 bridgehead atoms. The molecule has 0 aliphatic rings. The molecule has 0 atom stereocenters. The summed E-state index contributed by atoms with van der Waals surface area (Å²) in [5, 5.41) is 9.44. The lowest BCUT2D eigenvalue weighted by Crippen LogP contribution is -2.20. The number of anilines is 3. The van der Waals surface area contributed by atoms with Crippen LogP contribution in [0.25, 0.3) is 0 Å². The van der Waals surface area contributed by atoms with Crippen molar-refractivity contribution in [2.75, 3.05) is 17.2 Å². The van der Waals surface area contributed by atoms with Crippen LogP contribution in [0, 0.1) is 27.7 Å². The van der Waals surface area contributed by atoms with Crippen molar-refractivity contribution in [3.63, 3.8) is 0 Å². The number of nitrogens with one attached hydrogen (secondary N) is 2. The Kier molecular flexibility index (Phi) is 5.35. The van der Waals surface area contributed by atoms with E-state index in [0.29, 0.717) is 23.4 Å². The molecule has 0 spiro atoms. The van der Waals surface area contributed by atoms with Gasteiger partial charge in [0, 0.05) is 23.5 Å². The maximum atomic E-state index is 11.9. The highest BCUT2D eigenvalue weighted by molar-refractivity contribution is 5.90. The predicted octanol–water partition coefficient (Wildman–Crippen LogP) is 3.46. The predicted molar refractivity (Wildman–Crippen MR) is 101 cm³/mol. The average molecular weight is 367 g/mol. The standard InChI is InChI=1S/C19H21N5O3/c1-11-5-6-15(7-12(11)2)21-19-20-13(3)8-18(23-19)26-10-17(25)22-16-9-14(4)27-24-16/h5-9H,10H2,1-4H3,(H,20,21,23)(H,22,24,25). The average Bonchev–Trinajstić information content (AvgIpc) is 3.01. The van der Waals surface area contributed by atoms with Crippen molar-refractivity contribution in [2.45, 2.75) is 27.7 Å². The summed E-state index contributed by atoms with van der Waals surface area (Å²) in [7, 11) is 0. The Hall–Kier alpha value is -3.42. The second-order valence-electron chi connectivity index (χ2n) is 6.25. The summed E-state index contributed by atoms with van der Waals surface area (Å²) in [6.45, 7) is 7.47. The van der Waals surface area contributed by atoms with E-state index in [2.05, 4.69) is 32.7 Å². The monoisotopic (exact) mass is 367 g/mol. The van der Waals surface area contributed by atoms with E-state index in [4.69, 9.17) is 9.26 Å². The van der Waals surface area contributed by atoms with Crippen LogP contribution in [0.1, 0.15) is 22.6 Å². The van der Waals surface area contributed by atoms with Crippen LogP contribution in [-0.4, -0.2) is 27.6 Å². The number of ether oxygens (including phenoxy) is 1. The van der Waals surface area contributed by atoms with Gasteiger partial charge >= 0.3 is 0 Å². The molecule has 8 heteroatoms. The van der Waals surface area contributed by atoms with Gasteiger partial charge in [-0.3, -0.25) is 4.79 Å². The Labute approximate surface area is 157 Å². The third-order valence-corrected chi connectivity index (χ3v) is 3.84. The smallest absolute Gasteiger partial charge is 0.263 e. The molecule has 3 aromatic rings. The number of rotatable bonds is 6. The van der Waals surface area contributed by atoms with Gasteiger partial charge in [0.05, 0.1) is 0 Å². The first-order valence-corrected chi connectivity index (χ1v) is 8.45. The third-order valence-electron chi connectivity index (χ3n) is 3.84. The van der Waals surface area contributed by atoms with E-state index < -0.39 is 0 Å². The number of hydrogen-bond donors (Lipinski definition) is 2. The molecule has 3 rings (SSSR count). The number of carbonyl (C=O) groups is 1. The van der Waals surface area contributed by atoms with E-state index in [9.17, 15) is 4.79 Å². The molecule has 2 heterocycles. The lowest BCUT2D eigenvalue weighted by molar-refractivity contribution is -0.118. The number of amides is 1. The summed E-state index contributed by atoms with van der Waals surface area (Å²) in [5.74, 6) is 1.31. The van der Waals surface area contributed by atoms with E-state index in [1.165, 1.54) is 11.1 Å². The van der Waals surface area contributed by atoms with Gasteiger partial charge in [-0.1, -0.05) is 11.2 Å². The zero-order chi connectivity index (χ0) is 19.4. The van der Waals surface area contributed by atoms with E-state index in [1.54, 1.807) is 19.1 Å². The quantitative estimate of drug-likeness (QED) is 0.688. The molecule has 0 aliphatic heterocycles. The molecule has 0 fully saturated rings. The SMILES string of the molecule is Cc1cc(OCC(=O)Nc2cc(C)on2)nc(Nc2ccc(C)c(C)c2)n1. The first-order valence-electron chi connectivity index (χ1n) is 8.45. The number of benzene rings is 1. The highest BCUT2D eigenvalue weighted by Crippen LogP contribution is 2.19. The van der Waals surface area contributed by atoms with Crippen molar-refractivity contribution in [3.05, 3.63) is 52.9 Å². The van der Waals surface area contributed by atoms with Crippen LogP contribution in [0.15, 0.2) is 34.9 Å². The third kappa shape index (κ3) is 5.04. The molecule has 0 saturated heterocycles. The molecule has 140 valence electrons. The Morgan fingerprint density at radius 2 is 1.89 bits per heavy atom. The minimum Gasteiger partial charge on any atom is -0.467 e. The first-order chi connectivity index (χ1) is 12.9. The zero-order valence-electron chi connectivity index (χ0n) is 15.7. The van der Waals surface area contributed by atoms with Gasteiger partial charge in [0.2, 0.25) is 11.8 Å². The number of aromatic nitrogens is 3. The fourth-order valence-corrected chi connectivity index (χ4v) is 2.36. The van der Waals surface area contributed by atoms with Gasteiger partial charge in [-0.25, -0.2) is 4.98 Å². The second kappa shape index (κ2) is 7.86. The lowest BCUT2D eigenvalue weighted by atomic mass is 10.1. The summed E-state index contributed by atoms with van der Waals surface area (Å²) < 4.78 is 10.4. The lowest BCUT2D eigenvalue weighted by Gasteiger charge is -2.10. The van der Waals surface area contributed by atoms with E-state index in [0.717, 1.165) is 11.4 Å². The molecule has 1 amide bonds. The summed E-state index contributed by atoms with van der Waals surface area (Å²) >= 11 is 0. The Balaban J connectivity index is 1.64. The van der Waals surface area contributed by atoms with Gasteiger partial charge in [-0.2, -0.15) is 4.98 Å². The maximum Gasteiger partial charge on any atom is 0.263 e. The minimum absolute atomic E-state index is 0.203. The molecule has 2 aromatic heterocycles. The van der Waals surface area contributed by atoms with Crippen molar-refractivity contribution in [1.82, 2.24) is 15.1 Å². The number of carbonyl (C=O) groups excluding carboxylic acids is 1. The molecule has 0 saturated carbocycles. The van der Waals surface area contributed by atoms with Crippen LogP contribution in [-0.2, 0) is 4.79 Å². The van der Waals surface area contributed by atoms with Crippen molar-refractivity contribution in [3.8, 4) is 5.88 Å². The number of aryl methyl sites for hydroxylation is 4. The van der Waals surface area contributed by atoms with Crippen molar-refractivity contribution in [1.29, 1.82) is 0 Å². The zero-order valence-corrected chi connectivity index (χ0v) is 15.7. The van der Waals surface area contributed by atoms with Crippen molar-refractivity contribution in [2.24, 2.45) is 0 Å². The van der Waals surface area contributed by atoms with E-state index >= 15 is 0 Å². The molecule has 27 heavy (non-hydrogen) atoms. The Morgan fingerprint density at radius 1 is 1.07 bits per heavy atom. The molecule has 8 nitrogen and oxygen atoms in total. The van der Waals surface area contributed by atoms with Crippen LogP contribution in [0.4, 0.5) is 17.5 Å². The number of hydrogen-bond acceptors (Lipinski definition) is 7. The molecular formula is C19H21N5O3. The fraction of sp³-hybridized carbons (Fsp3) is 0.263. The number of nitrogens with zero attached hydrogens (tertiary/aromatic N) is 3. The van der Waals surface area contributed by atoms with E-state index in [1.807, 2.05) is 32.0 Å². The van der Waals surface area contributed by atoms with Crippen LogP contribution in [0.5, 0.6) is 5.88 Å². The minimum atomic E-state index is -0.358. The largest absolute Gasteiger partial charge is 0.467 e. The first kappa shape index (κ1) is 18.4. The van der Waals surface area contributed by atoms with E-state index in [-0.39, 0.29) is 12.5 Å². The van der Waals surface area contributed by atoms with Crippen LogP contribution >= 0.6 is 0 Å². The fourth-order valence-electron chi connectivity index (χ4n) is 2.36. The highest BCUT2D eigenvalue weighted by Gasteiger charge is 2.09. The summed E-state index contributed by atoms with van der Waals surface area (Å²) in [6, 6.07) is 9.30. The van der Waals surface area contributed by atoms with Crippen LogP contribution in [0.3, 0.4) is 0 Å². The second-order valence-corrected chi connectivity index (χ2v) is 6.25. The van der Waals surface area contributed by atoms with Gasteiger partial charge in [-0.05, 0) is 51.0 Å². The Morgan fingerprint density at radius 3 is 2.59 bits per heavy atom.